The molecule has 3 nitrogen and oxygen atoms in total. The number of alkyl halides is 1. The number of rotatable bonds is 4. The summed E-state index contributed by atoms with van der Waals surface area (Å²) in [5, 5.41) is -0.507. The first kappa shape index (κ1) is 12.4. The molecule has 0 aromatic heterocycles. The summed E-state index contributed by atoms with van der Waals surface area (Å²) in [5.74, 6) is -0.399. The molecule has 0 fully saturated rings. The Kier molecular flexibility index (Phi) is 4.07. The van der Waals surface area contributed by atoms with Gasteiger partial charge < -0.3 is 0 Å². The van der Waals surface area contributed by atoms with Crippen LogP contribution in [0.1, 0.15) is 18.5 Å². The van der Waals surface area contributed by atoms with Crippen LogP contribution in [-0.2, 0) is 10.0 Å². The topological polar surface area (TPSA) is 46.2 Å². The highest BCUT2D eigenvalue weighted by molar-refractivity contribution is 7.90. The molecule has 0 spiro atoms. The Labute approximate surface area is 93.3 Å². The van der Waals surface area contributed by atoms with Crippen LogP contribution in [0.15, 0.2) is 24.3 Å². The van der Waals surface area contributed by atoms with Gasteiger partial charge in [0.15, 0.2) is 0 Å². The molecule has 0 aliphatic rings. The number of halogens is 2. The van der Waals surface area contributed by atoms with E-state index in [1.54, 1.807) is 13.0 Å². The second-order valence-corrected chi connectivity index (χ2v) is 5.46. The maximum absolute atomic E-state index is 12.8. The fourth-order valence-corrected chi connectivity index (χ4v) is 2.07. The molecule has 6 heteroatoms. The fraction of sp³-hybridized carbons (Fsp3) is 0.333. The zero-order valence-corrected chi connectivity index (χ0v) is 9.65. The summed E-state index contributed by atoms with van der Waals surface area (Å²) >= 11 is 5.23. The molecule has 0 radical (unpaired) electrons. The second-order valence-electron chi connectivity index (χ2n) is 3.12. The maximum Gasteiger partial charge on any atom is 0.226 e. The molecule has 1 unspecified atom stereocenters. The van der Waals surface area contributed by atoms with E-state index in [4.69, 9.17) is 11.6 Å². The Hall–Kier alpha value is -0.650. The molecular weight excluding hydrogens is 241 g/mol. The van der Waals surface area contributed by atoms with Crippen LogP contribution in [0.5, 0.6) is 0 Å². The minimum Gasteiger partial charge on any atom is -0.211 e. The Bertz CT molecular complexity index is 435. The summed E-state index contributed by atoms with van der Waals surface area (Å²) in [4.78, 5) is 0. The van der Waals surface area contributed by atoms with Crippen molar-refractivity contribution in [2.24, 2.45) is 0 Å². The van der Waals surface area contributed by atoms with Crippen LogP contribution in [-0.4, -0.2) is 13.6 Å². The molecule has 1 rings (SSSR count). The van der Waals surface area contributed by atoms with Crippen LogP contribution in [0.4, 0.5) is 4.39 Å². The Morgan fingerprint density at radius 2 is 2.20 bits per heavy atom. The average Bonchev–Trinajstić information content (AvgIpc) is 2.17. The maximum atomic E-state index is 12.8. The minimum atomic E-state index is -3.49. The molecule has 0 aliphatic carbocycles. The second kappa shape index (κ2) is 4.92. The molecule has 0 heterocycles. The predicted octanol–water partition coefficient (Wildman–Crippen LogP) is 2.00. The van der Waals surface area contributed by atoms with Gasteiger partial charge in [-0.2, -0.15) is 0 Å². The number of benzene rings is 1. The van der Waals surface area contributed by atoms with Gasteiger partial charge in [0.2, 0.25) is 10.0 Å². The zero-order chi connectivity index (χ0) is 11.5. The highest BCUT2D eigenvalue weighted by atomic mass is 35.5. The first-order chi connectivity index (χ1) is 6.94. The lowest BCUT2D eigenvalue weighted by atomic mass is 10.1. The monoisotopic (exact) mass is 251 g/mol. The molecular formula is C9H11ClFNO2S. The van der Waals surface area contributed by atoms with Crippen molar-refractivity contribution >= 4 is 21.6 Å². The average molecular weight is 252 g/mol. The molecule has 0 saturated carbocycles. The first-order valence-electron chi connectivity index (χ1n) is 4.26. The standard InChI is InChI=1S/C9H11ClFNO2S/c1-7(12-15(13,14)6-10)8-3-2-4-9(11)5-8/h2-5,7,12H,6H2,1H3. The summed E-state index contributed by atoms with van der Waals surface area (Å²) < 4.78 is 37.4. The normalized spacial score (nSPS) is 13.8. The van der Waals surface area contributed by atoms with E-state index in [1.165, 1.54) is 18.2 Å². The van der Waals surface area contributed by atoms with E-state index in [0.717, 1.165) is 0 Å². The minimum absolute atomic E-state index is 0.399. The van der Waals surface area contributed by atoms with Gasteiger partial charge in [-0.3, -0.25) is 0 Å². The third kappa shape index (κ3) is 3.77. The van der Waals surface area contributed by atoms with Crippen LogP contribution in [0.2, 0.25) is 0 Å². The van der Waals surface area contributed by atoms with Gasteiger partial charge in [0.1, 0.15) is 11.0 Å². The largest absolute Gasteiger partial charge is 0.226 e. The number of sulfonamides is 1. The molecule has 1 atom stereocenters. The smallest absolute Gasteiger partial charge is 0.211 e. The van der Waals surface area contributed by atoms with E-state index < -0.39 is 27.1 Å². The van der Waals surface area contributed by atoms with E-state index in [-0.39, 0.29) is 0 Å². The van der Waals surface area contributed by atoms with Gasteiger partial charge in [0.05, 0.1) is 0 Å². The molecule has 84 valence electrons. The first-order valence-corrected chi connectivity index (χ1v) is 6.45. The van der Waals surface area contributed by atoms with E-state index in [1.807, 2.05) is 0 Å². The fourth-order valence-electron chi connectivity index (χ4n) is 1.14. The third-order valence-corrected chi connectivity index (χ3v) is 3.71. The molecule has 0 saturated heterocycles. The summed E-state index contributed by atoms with van der Waals surface area (Å²) in [6.07, 6.45) is 0. The molecule has 1 aromatic carbocycles. The number of nitrogens with one attached hydrogen (secondary N) is 1. The van der Waals surface area contributed by atoms with Crippen molar-refractivity contribution < 1.29 is 12.8 Å². The van der Waals surface area contributed by atoms with Crippen molar-refractivity contribution in [3.05, 3.63) is 35.6 Å². The Morgan fingerprint density at radius 1 is 1.53 bits per heavy atom. The van der Waals surface area contributed by atoms with Gasteiger partial charge in [-0.1, -0.05) is 12.1 Å². The van der Waals surface area contributed by atoms with Crippen molar-refractivity contribution in [1.29, 1.82) is 0 Å². The van der Waals surface area contributed by atoms with Crippen LogP contribution < -0.4 is 4.72 Å². The van der Waals surface area contributed by atoms with Crippen molar-refractivity contribution in [3.63, 3.8) is 0 Å². The molecule has 1 aromatic rings. The summed E-state index contributed by atoms with van der Waals surface area (Å²) in [6, 6.07) is 5.25. The molecule has 0 bridgehead atoms. The van der Waals surface area contributed by atoms with Gasteiger partial charge in [0.25, 0.3) is 0 Å². The van der Waals surface area contributed by atoms with Gasteiger partial charge in [-0.05, 0) is 24.6 Å². The van der Waals surface area contributed by atoms with Crippen molar-refractivity contribution in [1.82, 2.24) is 4.72 Å². The number of hydrogen-bond donors (Lipinski definition) is 1. The van der Waals surface area contributed by atoms with Crippen LogP contribution in [0, 0.1) is 5.82 Å². The van der Waals surface area contributed by atoms with E-state index in [9.17, 15) is 12.8 Å². The van der Waals surface area contributed by atoms with Crippen molar-refractivity contribution in [3.8, 4) is 0 Å². The summed E-state index contributed by atoms with van der Waals surface area (Å²) in [7, 11) is -3.49. The van der Waals surface area contributed by atoms with Gasteiger partial charge in [-0.25, -0.2) is 17.5 Å². The summed E-state index contributed by atoms with van der Waals surface area (Å²) in [5.41, 5.74) is 0.559. The summed E-state index contributed by atoms with van der Waals surface area (Å²) in [6.45, 7) is 1.62. The number of hydrogen-bond acceptors (Lipinski definition) is 2. The predicted molar refractivity (Wildman–Crippen MR) is 57.6 cm³/mol. The van der Waals surface area contributed by atoms with E-state index in [2.05, 4.69) is 4.72 Å². The molecule has 1 N–H and O–H groups in total. The quantitative estimate of drug-likeness (QED) is 0.832. The Morgan fingerprint density at radius 3 is 2.73 bits per heavy atom. The highest BCUT2D eigenvalue weighted by Crippen LogP contribution is 2.14. The van der Waals surface area contributed by atoms with Crippen LogP contribution >= 0.6 is 11.6 Å². The lowest BCUT2D eigenvalue weighted by Crippen LogP contribution is -2.27. The van der Waals surface area contributed by atoms with Crippen molar-refractivity contribution in [2.75, 3.05) is 5.21 Å². The van der Waals surface area contributed by atoms with Gasteiger partial charge in [0, 0.05) is 6.04 Å². The van der Waals surface area contributed by atoms with Gasteiger partial charge >= 0.3 is 0 Å². The Balaban J connectivity index is 2.82. The highest BCUT2D eigenvalue weighted by Gasteiger charge is 2.14. The van der Waals surface area contributed by atoms with E-state index >= 15 is 0 Å². The molecule has 15 heavy (non-hydrogen) atoms. The van der Waals surface area contributed by atoms with Gasteiger partial charge in [-0.15, -0.1) is 11.6 Å². The molecule has 0 aliphatic heterocycles. The molecule has 0 amide bonds. The van der Waals surface area contributed by atoms with Crippen LogP contribution in [0.3, 0.4) is 0 Å². The zero-order valence-electron chi connectivity index (χ0n) is 8.07. The van der Waals surface area contributed by atoms with E-state index in [0.29, 0.717) is 5.56 Å². The SMILES string of the molecule is CC(NS(=O)(=O)CCl)c1cccc(F)c1. The lowest BCUT2D eigenvalue weighted by Gasteiger charge is -2.13. The van der Waals surface area contributed by atoms with Crippen molar-refractivity contribution in [2.45, 2.75) is 13.0 Å². The van der Waals surface area contributed by atoms with Crippen LogP contribution in [0.25, 0.3) is 0 Å². The third-order valence-electron chi connectivity index (χ3n) is 1.85. The lowest BCUT2D eigenvalue weighted by molar-refractivity contribution is 0.569.